The summed E-state index contributed by atoms with van der Waals surface area (Å²) in [5, 5.41) is 3.19. The summed E-state index contributed by atoms with van der Waals surface area (Å²) < 4.78 is 0. The Balaban J connectivity index is 1.50. The van der Waals surface area contributed by atoms with E-state index in [2.05, 4.69) is 20.3 Å². The van der Waals surface area contributed by atoms with Crippen LogP contribution in [-0.4, -0.2) is 33.4 Å². The molecule has 1 N–H and O–H groups in total. The summed E-state index contributed by atoms with van der Waals surface area (Å²) in [5.74, 6) is 0.628. The fourth-order valence-corrected chi connectivity index (χ4v) is 3.73. The van der Waals surface area contributed by atoms with E-state index in [0.717, 1.165) is 30.0 Å². The van der Waals surface area contributed by atoms with Crippen molar-refractivity contribution in [3.05, 3.63) is 48.3 Å². The van der Waals surface area contributed by atoms with Crippen molar-refractivity contribution in [2.24, 2.45) is 0 Å². The molecule has 0 bridgehead atoms. The highest BCUT2D eigenvalue weighted by Crippen LogP contribution is 2.31. The fraction of sp³-hybridized carbons (Fsp3) is 0.500. The molecule has 2 aromatic rings. The Kier molecular flexibility index (Phi) is 5.20. The number of nitrogens with one attached hydrogen (secondary N) is 1. The second-order valence-electron chi connectivity index (χ2n) is 7.19. The first-order chi connectivity index (χ1) is 12.8. The molecule has 1 saturated heterocycles. The maximum absolute atomic E-state index is 12.8. The van der Waals surface area contributed by atoms with Gasteiger partial charge < -0.3 is 10.2 Å². The number of carbonyl (C=O) groups is 1. The van der Waals surface area contributed by atoms with E-state index in [9.17, 15) is 4.79 Å². The van der Waals surface area contributed by atoms with Crippen molar-refractivity contribution < 1.29 is 4.79 Å². The van der Waals surface area contributed by atoms with E-state index in [-0.39, 0.29) is 11.9 Å². The van der Waals surface area contributed by atoms with Gasteiger partial charge in [0.1, 0.15) is 0 Å². The lowest BCUT2D eigenvalue weighted by atomic mass is 9.87. The predicted octanol–water partition coefficient (Wildman–Crippen LogP) is 2.81. The van der Waals surface area contributed by atoms with Crippen LogP contribution in [0.2, 0.25) is 0 Å². The Morgan fingerprint density at radius 2 is 1.85 bits per heavy atom. The van der Waals surface area contributed by atoms with Crippen LogP contribution in [0.25, 0.3) is 0 Å². The molecule has 2 aliphatic rings. The van der Waals surface area contributed by atoms with Crippen LogP contribution in [0.3, 0.4) is 0 Å². The zero-order chi connectivity index (χ0) is 17.8. The molecule has 1 unspecified atom stereocenters. The van der Waals surface area contributed by atoms with Crippen LogP contribution in [0.15, 0.2) is 36.9 Å². The summed E-state index contributed by atoms with van der Waals surface area (Å²) in [6.45, 7) is 1.33. The number of rotatable bonds is 5. The van der Waals surface area contributed by atoms with Gasteiger partial charge in [0, 0.05) is 30.2 Å². The zero-order valence-electron chi connectivity index (χ0n) is 15.0. The van der Waals surface area contributed by atoms with Crippen molar-refractivity contribution in [3.8, 4) is 0 Å². The minimum absolute atomic E-state index is 0.0839. The smallest absolute Gasteiger partial charge is 0.244 e. The highest BCUT2D eigenvalue weighted by atomic mass is 16.2. The molecule has 3 heterocycles. The molecule has 0 radical (unpaired) electrons. The average Bonchev–Trinajstić information content (AvgIpc) is 2.66. The molecule has 1 atom stereocenters. The van der Waals surface area contributed by atoms with Crippen molar-refractivity contribution in [3.63, 3.8) is 0 Å². The lowest BCUT2D eigenvalue weighted by Gasteiger charge is -2.32. The van der Waals surface area contributed by atoms with E-state index in [1.54, 1.807) is 17.3 Å². The second-order valence-corrected chi connectivity index (χ2v) is 7.19. The number of pyridine rings is 1. The molecule has 1 aliphatic heterocycles. The van der Waals surface area contributed by atoms with Gasteiger partial charge in [-0.25, -0.2) is 0 Å². The summed E-state index contributed by atoms with van der Waals surface area (Å²) in [7, 11) is 0. The van der Waals surface area contributed by atoms with Crippen molar-refractivity contribution in [1.29, 1.82) is 0 Å². The first kappa shape index (κ1) is 17.1. The Labute approximate surface area is 154 Å². The van der Waals surface area contributed by atoms with Crippen LogP contribution >= 0.6 is 0 Å². The third kappa shape index (κ3) is 3.75. The first-order valence-corrected chi connectivity index (χ1v) is 9.57. The summed E-state index contributed by atoms with van der Waals surface area (Å²) in [4.78, 5) is 27.9. The normalized spacial score (nSPS) is 20.4. The molecule has 4 rings (SSSR count). The molecule has 136 valence electrons. The maximum Gasteiger partial charge on any atom is 0.244 e. The van der Waals surface area contributed by atoms with E-state index in [1.807, 2.05) is 24.5 Å². The monoisotopic (exact) mass is 351 g/mol. The number of carbonyl (C=O) groups excluding carboxylic acids is 1. The first-order valence-electron chi connectivity index (χ1n) is 9.57. The van der Waals surface area contributed by atoms with Crippen LogP contribution < -0.4 is 10.2 Å². The molecule has 2 aromatic heterocycles. The largest absolute Gasteiger partial charge is 0.306 e. The number of hydrogen-bond donors (Lipinski definition) is 1. The van der Waals surface area contributed by atoms with E-state index in [0.29, 0.717) is 12.5 Å². The third-order valence-electron chi connectivity index (χ3n) is 5.43. The van der Waals surface area contributed by atoms with Gasteiger partial charge >= 0.3 is 0 Å². The Hall–Kier alpha value is -2.34. The second kappa shape index (κ2) is 7.91. The van der Waals surface area contributed by atoms with Crippen LogP contribution in [-0.2, 0) is 11.3 Å². The summed E-state index contributed by atoms with van der Waals surface area (Å²) in [6, 6.07) is 3.62. The van der Waals surface area contributed by atoms with Crippen molar-refractivity contribution in [1.82, 2.24) is 20.3 Å². The predicted molar refractivity (Wildman–Crippen MR) is 99.7 cm³/mol. The molecule has 2 fully saturated rings. The fourth-order valence-electron chi connectivity index (χ4n) is 3.73. The highest BCUT2D eigenvalue weighted by molar-refractivity contribution is 5.97. The van der Waals surface area contributed by atoms with Gasteiger partial charge in [-0.3, -0.25) is 19.7 Å². The Morgan fingerprint density at radius 1 is 1.08 bits per heavy atom. The van der Waals surface area contributed by atoms with Gasteiger partial charge in [-0.15, -0.1) is 0 Å². The third-order valence-corrected chi connectivity index (χ3v) is 5.43. The van der Waals surface area contributed by atoms with E-state index < -0.39 is 0 Å². The van der Waals surface area contributed by atoms with Crippen molar-refractivity contribution in [2.75, 3.05) is 11.4 Å². The average molecular weight is 351 g/mol. The summed E-state index contributed by atoms with van der Waals surface area (Å²) in [5.41, 5.74) is 2.75. The van der Waals surface area contributed by atoms with Crippen molar-refractivity contribution >= 4 is 11.6 Å². The van der Waals surface area contributed by atoms with E-state index in [4.69, 9.17) is 0 Å². The SMILES string of the molecule is O=C(C1CCN1)N(Cc1cnc(C2CCCCC2)cn1)c1ccncc1. The molecule has 0 aromatic carbocycles. The van der Waals surface area contributed by atoms with Crippen LogP contribution in [0, 0.1) is 0 Å². The molecule has 0 spiro atoms. The van der Waals surface area contributed by atoms with Gasteiger partial charge in [-0.1, -0.05) is 19.3 Å². The molecule has 1 aliphatic carbocycles. The minimum Gasteiger partial charge on any atom is -0.306 e. The minimum atomic E-state index is -0.0994. The zero-order valence-corrected chi connectivity index (χ0v) is 15.0. The summed E-state index contributed by atoms with van der Waals surface area (Å²) in [6.07, 6.45) is 14.4. The Bertz CT molecular complexity index is 724. The quantitative estimate of drug-likeness (QED) is 0.897. The van der Waals surface area contributed by atoms with Crippen LogP contribution in [0.1, 0.15) is 55.8 Å². The van der Waals surface area contributed by atoms with Gasteiger partial charge in [0.15, 0.2) is 0 Å². The van der Waals surface area contributed by atoms with Crippen molar-refractivity contribution in [2.45, 2.75) is 57.0 Å². The number of aromatic nitrogens is 3. The van der Waals surface area contributed by atoms with E-state index in [1.165, 1.54) is 32.1 Å². The molecule has 6 heteroatoms. The maximum atomic E-state index is 12.8. The van der Waals surface area contributed by atoms with Gasteiger partial charge in [0.25, 0.3) is 0 Å². The highest BCUT2D eigenvalue weighted by Gasteiger charge is 2.30. The van der Waals surface area contributed by atoms with Gasteiger partial charge in [-0.05, 0) is 37.9 Å². The molecule has 6 nitrogen and oxygen atoms in total. The molecular formula is C20H25N5O. The summed E-state index contributed by atoms with van der Waals surface area (Å²) >= 11 is 0. The van der Waals surface area contributed by atoms with Gasteiger partial charge in [0.05, 0.1) is 30.2 Å². The van der Waals surface area contributed by atoms with Gasteiger partial charge in [-0.2, -0.15) is 0 Å². The molecule has 1 amide bonds. The topological polar surface area (TPSA) is 71.0 Å². The number of amides is 1. The van der Waals surface area contributed by atoms with E-state index >= 15 is 0 Å². The molecular weight excluding hydrogens is 326 g/mol. The number of anilines is 1. The molecule has 26 heavy (non-hydrogen) atoms. The lowest BCUT2D eigenvalue weighted by Crippen LogP contribution is -2.54. The lowest BCUT2D eigenvalue weighted by molar-refractivity contribution is -0.122. The van der Waals surface area contributed by atoms with Crippen LogP contribution in [0.4, 0.5) is 5.69 Å². The molecule has 1 saturated carbocycles. The number of nitrogens with zero attached hydrogens (tertiary/aromatic N) is 4. The number of hydrogen-bond acceptors (Lipinski definition) is 5. The van der Waals surface area contributed by atoms with Gasteiger partial charge in [0.2, 0.25) is 5.91 Å². The van der Waals surface area contributed by atoms with Crippen LogP contribution in [0.5, 0.6) is 0 Å². The Morgan fingerprint density at radius 3 is 2.46 bits per heavy atom. The standard InChI is InChI=1S/C20H25N5O/c26-20(18-8-11-22-18)25(17-6-9-21-10-7-17)14-16-12-24-19(13-23-16)15-4-2-1-3-5-15/h6-7,9-10,12-13,15,18,22H,1-5,8,11,14H2.